The van der Waals surface area contributed by atoms with Crippen LogP contribution in [-0.2, 0) is 6.54 Å². The Hall–Kier alpha value is -1.26. The monoisotopic (exact) mass is 250 g/mol. The van der Waals surface area contributed by atoms with Gasteiger partial charge in [-0.15, -0.1) is 0 Å². The van der Waals surface area contributed by atoms with E-state index in [0.717, 1.165) is 36.8 Å². The Kier molecular flexibility index (Phi) is 4.44. The Morgan fingerprint density at radius 1 is 1.44 bits per heavy atom. The van der Waals surface area contributed by atoms with Crippen molar-refractivity contribution in [3.63, 3.8) is 0 Å². The van der Waals surface area contributed by atoms with E-state index < -0.39 is 0 Å². The highest BCUT2D eigenvalue weighted by molar-refractivity contribution is 5.46. The lowest BCUT2D eigenvalue weighted by Gasteiger charge is -2.17. The standard InChI is InChI=1S/C14H22N2O2/c1-16-7-6-11(9-16)10-18-14-12(8-15)4-3-5-13(14)17-2/h3-5,11H,6-10,15H2,1-2H3. The van der Waals surface area contributed by atoms with Gasteiger partial charge in [-0.3, -0.25) is 0 Å². The zero-order valence-corrected chi connectivity index (χ0v) is 11.2. The van der Waals surface area contributed by atoms with E-state index >= 15 is 0 Å². The number of hydrogen-bond acceptors (Lipinski definition) is 4. The highest BCUT2D eigenvalue weighted by Crippen LogP contribution is 2.31. The molecule has 0 spiro atoms. The lowest BCUT2D eigenvalue weighted by molar-refractivity contribution is 0.236. The van der Waals surface area contributed by atoms with Gasteiger partial charge in [-0.1, -0.05) is 12.1 Å². The molecule has 1 aromatic carbocycles. The predicted octanol–water partition coefficient (Wildman–Crippen LogP) is 1.48. The van der Waals surface area contributed by atoms with Crippen LogP contribution in [-0.4, -0.2) is 38.8 Å². The van der Waals surface area contributed by atoms with Crippen LogP contribution in [0.3, 0.4) is 0 Å². The fourth-order valence-corrected chi connectivity index (χ4v) is 2.41. The van der Waals surface area contributed by atoms with Crippen molar-refractivity contribution >= 4 is 0 Å². The van der Waals surface area contributed by atoms with Gasteiger partial charge in [-0.05, 0) is 26.1 Å². The van der Waals surface area contributed by atoms with E-state index in [4.69, 9.17) is 15.2 Å². The molecule has 2 rings (SSSR count). The molecule has 1 saturated heterocycles. The molecular weight excluding hydrogens is 228 g/mol. The maximum Gasteiger partial charge on any atom is 0.165 e. The zero-order chi connectivity index (χ0) is 13.0. The van der Waals surface area contributed by atoms with E-state index in [0.29, 0.717) is 12.5 Å². The number of ether oxygens (including phenoxy) is 2. The molecule has 0 aromatic heterocycles. The van der Waals surface area contributed by atoms with Crippen LogP contribution in [0.2, 0.25) is 0 Å². The topological polar surface area (TPSA) is 47.7 Å². The van der Waals surface area contributed by atoms with Crippen LogP contribution in [0.4, 0.5) is 0 Å². The molecule has 0 aliphatic carbocycles. The number of nitrogens with two attached hydrogens (primary N) is 1. The summed E-state index contributed by atoms with van der Waals surface area (Å²) in [6.07, 6.45) is 1.20. The van der Waals surface area contributed by atoms with Crippen molar-refractivity contribution in [2.45, 2.75) is 13.0 Å². The molecule has 0 radical (unpaired) electrons. The Morgan fingerprint density at radius 2 is 2.28 bits per heavy atom. The number of methoxy groups -OCH3 is 1. The molecule has 0 bridgehead atoms. The van der Waals surface area contributed by atoms with Crippen LogP contribution in [0, 0.1) is 5.92 Å². The minimum atomic E-state index is 0.469. The fraction of sp³-hybridized carbons (Fsp3) is 0.571. The molecule has 1 aromatic rings. The number of rotatable bonds is 5. The third-order valence-electron chi connectivity index (χ3n) is 3.45. The molecule has 1 fully saturated rings. The molecule has 4 nitrogen and oxygen atoms in total. The summed E-state index contributed by atoms with van der Waals surface area (Å²) >= 11 is 0. The second kappa shape index (κ2) is 6.07. The molecule has 18 heavy (non-hydrogen) atoms. The molecule has 100 valence electrons. The first-order valence-electron chi connectivity index (χ1n) is 6.42. The van der Waals surface area contributed by atoms with Gasteiger partial charge in [0.15, 0.2) is 11.5 Å². The molecule has 1 aliphatic heterocycles. The summed E-state index contributed by atoms with van der Waals surface area (Å²) in [4.78, 5) is 2.33. The lowest BCUT2D eigenvalue weighted by atomic mass is 10.1. The SMILES string of the molecule is COc1cccc(CN)c1OCC1CCN(C)C1. The average Bonchev–Trinajstić information content (AvgIpc) is 2.81. The second-order valence-corrected chi connectivity index (χ2v) is 4.88. The van der Waals surface area contributed by atoms with Crippen molar-refractivity contribution in [3.05, 3.63) is 23.8 Å². The van der Waals surface area contributed by atoms with E-state index in [2.05, 4.69) is 11.9 Å². The molecule has 4 heteroatoms. The van der Waals surface area contributed by atoms with Gasteiger partial charge in [0, 0.05) is 24.6 Å². The van der Waals surface area contributed by atoms with Gasteiger partial charge in [-0.2, -0.15) is 0 Å². The van der Waals surface area contributed by atoms with Gasteiger partial charge in [0.05, 0.1) is 13.7 Å². The first-order valence-corrected chi connectivity index (χ1v) is 6.42. The molecule has 1 heterocycles. The number of benzene rings is 1. The third-order valence-corrected chi connectivity index (χ3v) is 3.45. The van der Waals surface area contributed by atoms with Gasteiger partial charge >= 0.3 is 0 Å². The van der Waals surface area contributed by atoms with Crippen molar-refractivity contribution in [2.24, 2.45) is 11.7 Å². The van der Waals surface area contributed by atoms with E-state index in [9.17, 15) is 0 Å². The van der Waals surface area contributed by atoms with Crippen molar-refractivity contribution in [1.29, 1.82) is 0 Å². The largest absolute Gasteiger partial charge is 0.493 e. The highest BCUT2D eigenvalue weighted by Gasteiger charge is 2.21. The summed E-state index contributed by atoms with van der Waals surface area (Å²) in [5.41, 5.74) is 6.74. The average molecular weight is 250 g/mol. The highest BCUT2D eigenvalue weighted by atomic mass is 16.5. The van der Waals surface area contributed by atoms with Crippen LogP contribution >= 0.6 is 0 Å². The van der Waals surface area contributed by atoms with Crippen LogP contribution in [0.25, 0.3) is 0 Å². The molecule has 1 atom stereocenters. The van der Waals surface area contributed by atoms with Crippen LogP contribution in [0.5, 0.6) is 11.5 Å². The van der Waals surface area contributed by atoms with Gasteiger partial charge < -0.3 is 20.1 Å². The van der Waals surface area contributed by atoms with Crippen LogP contribution in [0.15, 0.2) is 18.2 Å². The Labute approximate surface area is 109 Å². The molecule has 0 saturated carbocycles. The van der Waals surface area contributed by atoms with Crippen LogP contribution in [0.1, 0.15) is 12.0 Å². The smallest absolute Gasteiger partial charge is 0.165 e. The summed E-state index contributed by atoms with van der Waals surface area (Å²) in [5, 5.41) is 0. The maximum atomic E-state index is 5.95. The molecule has 0 amide bonds. The Bertz CT molecular complexity index is 373. The molecular formula is C14H22N2O2. The van der Waals surface area contributed by atoms with Crippen molar-refractivity contribution in [1.82, 2.24) is 4.90 Å². The number of likely N-dealkylation sites (tertiary alicyclic amines) is 1. The molecule has 2 N–H and O–H groups in total. The Morgan fingerprint density at radius 3 is 2.89 bits per heavy atom. The van der Waals surface area contributed by atoms with Crippen molar-refractivity contribution in [2.75, 3.05) is 33.9 Å². The summed E-state index contributed by atoms with van der Waals surface area (Å²) in [6, 6.07) is 5.84. The van der Waals surface area contributed by atoms with Gasteiger partial charge in [-0.25, -0.2) is 0 Å². The van der Waals surface area contributed by atoms with Gasteiger partial charge in [0.1, 0.15) is 0 Å². The fourth-order valence-electron chi connectivity index (χ4n) is 2.41. The third kappa shape index (κ3) is 2.94. The second-order valence-electron chi connectivity index (χ2n) is 4.88. The van der Waals surface area contributed by atoms with E-state index in [1.165, 1.54) is 6.42 Å². The number of para-hydroxylation sites is 1. The van der Waals surface area contributed by atoms with Gasteiger partial charge in [0.2, 0.25) is 0 Å². The number of hydrogen-bond donors (Lipinski definition) is 1. The predicted molar refractivity (Wildman–Crippen MR) is 72.0 cm³/mol. The van der Waals surface area contributed by atoms with E-state index in [-0.39, 0.29) is 0 Å². The normalized spacial score (nSPS) is 20.1. The number of nitrogens with zero attached hydrogens (tertiary/aromatic N) is 1. The first kappa shape index (κ1) is 13.2. The lowest BCUT2D eigenvalue weighted by Crippen LogP contribution is -2.18. The minimum absolute atomic E-state index is 0.469. The first-order chi connectivity index (χ1) is 8.74. The Balaban J connectivity index is 2.03. The van der Waals surface area contributed by atoms with Gasteiger partial charge in [0.25, 0.3) is 0 Å². The van der Waals surface area contributed by atoms with Crippen molar-refractivity contribution < 1.29 is 9.47 Å². The molecule has 1 aliphatic rings. The van der Waals surface area contributed by atoms with Crippen molar-refractivity contribution in [3.8, 4) is 11.5 Å². The maximum absolute atomic E-state index is 5.95. The summed E-state index contributed by atoms with van der Waals surface area (Å²) in [5.74, 6) is 2.17. The zero-order valence-electron chi connectivity index (χ0n) is 11.2. The summed E-state index contributed by atoms with van der Waals surface area (Å²) in [6.45, 7) is 3.46. The van der Waals surface area contributed by atoms with E-state index in [1.807, 2.05) is 18.2 Å². The van der Waals surface area contributed by atoms with E-state index in [1.54, 1.807) is 7.11 Å². The minimum Gasteiger partial charge on any atom is -0.493 e. The van der Waals surface area contributed by atoms with Crippen LogP contribution < -0.4 is 15.2 Å². The quantitative estimate of drug-likeness (QED) is 0.860. The summed E-state index contributed by atoms with van der Waals surface area (Å²) in [7, 11) is 3.81. The molecule has 1 unspecified atom stereocenters. The summed E-state index contributed by atoms with van der Waals surface area (Å²) < 4.78 is 11.3.